The van der Waals surface area contributed by atoms with Gasteiger partial charge in [0.25, 0.3) is 0 Å². The smallest absolute Gasteiger partial charge is 0.239 e. The summed E-state index contributed by atoms with van der Waals surface area (Å²) in [7, 11) is 0. The maximum Gasteiger partial charge on any atom is 0.239 e. The lowest BCUT2D eigenvalue weighted by atomic mass is 9.85. The van der Waals surface area contributed by atoms with Crippen molar-refractivity contribution < 1.29 is 9.90 Å². The van der Waals surface area contributed by atoms with Crippen LogP contribution in [0.1, 0.15) is 32.8 Å². The highest BCUT2D eigenvalue weighted by Crippen LogP contribution is 2.31. The Bertz CT molecular complexity index is 531. The normalized spacial score (nSPS) is 13.6. The molecular formula is C15H22N2O2S. The number of carbonyl (C=O) groups is 1. The second-order valence-corrected chi connectivity index (χ2v) is 5.51. The summed E-state index contributed by atoms with van der Waals surface area (Å²) in [6, 6.07) is 4.97. The molecular weight excluding hydrogens is 272 g/mol. The minimum Gasteiger partial charge on any atom is -0.508 e. The summed E-state index contributed by atoms with van der Waals surface area (Å²) < 4.78 is 0. The van der Waals surface area contributed by atoms with Crippen LogP contribution in [0, 0.1) is 12.3 Å². The van der Waals surface area contributed by atoms with Crippen LogP contribution in [-0.2, 0) is 4.79 Å². The van der Waals surface area contributed by atoms with Crippen LogP contribution in [0.2, 0.25) is 0 Å². The number of thiocarbonyl (C=S) groups is 1. The Morgan fingerprint density at radius 3 is 2.50 bits per heavy atom. The topological polar surface area (TPSA) is 66.6 Å². The third-order valence-corrected chi connectivity index (χ3v) is 4.22. The van der Waals surface area contributed by atoms with Crippen LogP contribution in [0.4, 0.5) is 5.69 Å². The maximum atomic E-state index is 12.8. The molecule has 0 aliphatic rings. The fraction of sp³-hybridized carbons (Fsp3) is 0.467. The molecule has 0 heterocycles. The third kappa shape index (κ3) is 2.93. The second kappa shape index (κ2) is 6.22. The quantitative estimate of drug-likeness (QED) is 0.820. The molecule has 1 rings (SSSR count). The average Bonchev–Trinajstić information content (AvgIpc) is 2.42. The molecule has 0 spiro atoms. The van der Waals surface area contributed by atoms with Crippen LogP contribution >= 0.6 is 12.2 Å². The number of rotatable bonds is 5. The molecule has 5 heteroatoms. The molecule has 1 aromatic carbocycles. The van der Waals surface area contributed by atoms with Crippen LogP contribution in [0.15, 0.2) is 18.2 Å². The first-order valence-corrected chi connectivity index (χ1v) is 7.10. The molecule has 0 saturated heterocycles. The van der Waals surface area contributed by atoms with Crippen molar-refractivity contribution in [3.63, 3.8) is 0 Å². The summed E-state index contributed by atoms with van der Waals surface area (Å²) in [6.45, 7) is 7.92. The minimum atomic E-state index is -0.872. The Hall–Kier alpha value is -1.62. The zero-order valence-corrected chi connectivity index (χ0v) is 13.3. The van der Waals surface area contributed by atoms with E-state index in [1.54, 1.807) is 30.0 Å². The number of aromatic hydroxyl groups is 1. The first-order valence-electron chi connectivity index (χ1n) is 6.69. The summed E-state index contributed by atoms with van der Waals surface area (Å²) in [5.41, 5.74) is 6.49. The fourth-order valence-electron chi connectivity index (χ4n) is 2.04. The van der Waals surface area contributed by atoms with Gasteiger partial charge in [-0.3, -0.25) is 4.79 Å². The van der Waals surface area contributed by atoms with Gasteiger partial charge in [0, 0.05) is 12.6 Å². The van der Waals surface area contributed by atoms with Crippen molar-refractivity contribution in [2.45, 2.75) is 34.1 Å². The van der Waals surface area contributed by atoms with Crippen LogP contribution in [0.25, 0.3) is 0 Å². The summed E-state index contributed by atoms with van der Waals surface area (Å²) >= 11 is 5.06. The number of carbonyl (C=O) groups excluding carboxylic acids is 1. The van der Waals surface area contributed by atoms with Gasteiger partial charge >= 0.3 is 0 Å². The van der Waals surface area contributed by atoms with Gasteiger partial charge in [-0.15, -0.1) is 0 Å². The molecule has 20 heavy (non-hydrogen) atoms. The zero-order chi connectivity index (χ0) is 15.5. The van der Waals surface area contributed by atoms with E-state index < -0.39 is 5.41 Å². The van der Waals surface area contributed by atoms with Gasteiger partial charge in [-0.2, -0.15) is 0 Å². The van der Waals surface area contributed by atoms with Gasteiger partial charge in [0.05, 0.1) is 16.1 Å². The lowest BCUT2D eigenvalue weighted by Gasteiger charge is -2.33. The second-order valence-electron chi connectivity index (χ2n) is 5.07. The number of hydrogen-bond donors (Lipinski definition) is 2. The van der Waals surface area contributed by atoms with E-state index in [1.807, 2.05) is 20.8 Å². The number of amides is 1. The Kier molecular flexibility index (Phi) is 5.11. The summed E-state index contributed by atoms with van der Waals surface area (Å²) in [4.78, 5) is 14.6. The molecule has 0 aliphatic carbocycles. The number of anilines is 1. The van der Waals surface area contributed by atoms with Crippen molar-refractivity contribution in [3.8, 4) is 5.75 Å². The molecule has 1 amide bonds. The van der Waals surface area contributed by atoms with Gasteiger partial charge in [-0.25, -0.2) is 0 Å². The van der Waals surface area contributed by atoms with Gasteiger partial charge in [-0.05, 0) is 38.8 Å². The molecule has 0 bridgehead atoms. The van der Waals surface area contributed by atoms with E-state index in [2.05, 4.69) is 0 Å². The number of phenolic OH excluding ortho intramolecular Hbond substituents is 1. The Morgan fingerprint density at radius 2 is 2.05 bits per heavy atom. The van der Waals surface area contributed by atoms with Crippen molar-refractivity contribution in [3.05, 3.63) is 23.8 Å². The van der Waals surface area contributed by atoms with E-state index in [1.165, 1.54) is 0 Å². The molecule has 1 aromatic rings. The molecule has 0 fully saturated rings. The number of benzene rings is 1. The molecule has 3 N–H and O–H groups in total. The maximum absolute atomic E-state index is 12.8. The SMILES string of the molecule is CCN(C(=O)C(C)(CC)C(N)=S)c1cc(O)ccc1C. The minimum absolute atomic E-state index is 0.130. The van der Waals surface area contributed by atoms with E-state index in [4.69, 9.17) is 18.0 Å². The Morgan fingerprint density at radius 1 is 1.45 bits per heavy atom. The third-order valence-electron chi connectivity index (χ3n) is 3.77. The number of phenols is 1. The highest BCUT2D eigenvalue weighted by Gasteiger charge is 2.38. The Balaban J connectivity index is 3.29. The van der Waals surface area contributed by atoms with Crippen molar-refractivity contribution in [1.29, 1.82) is 0 Å². The fourth-order valence-corrected chi connectivity index (χ4v) is 2.27. The van der Waals surface area contributed by atoms with Gasteiger partial charge in [0.2, 0.25) is 5.91 Å². The largest absolute Gasteiger partial charge is 0.508 e. The van der Waals surface area contributed by atoms with E-state index in [-0.39, 0.29) is 16.6 Å². The van der Waals surface area contributed by atoms with Crippen LogP contribution in [0.5, 0.6) is 5.75 Å². The van der Waals surface area contributed by atoms with Crippen molar-refractivity contribution in [2.75, 3.05) is 11.4 Å². The van der Waals surface area contributed by atoms with Gasteiger partial charge < -0.3 is 15.7 Å². The predicted octanol–water partition coefficient (Wildman–Crippen LogP) is 2.76. The molecule has 0 saturated carbocycles. The van der Waals surface area contributed by atoms with Crippen LogP contribution < -0.4 is 10.6 Å². The first-order chi connectivity index (χ1) is 9.27. The average molecular weight is 294 g/mol. The van der Waals surface area contributed by atoms with E-state index in [0.29, 0.717) is 18.7 Å². The van der Waals surface area contributed by atoms with Gasteiger partial charge in [0.1, 0.15) is 5.75 Å². The molecule has 4 nitrogen and oxygen atoms in total. The zero-order valence-electron chi connectivity index (χ0n) is 12.4. The summed E-state index contributed by atoms with van der Waals surface area (Å²) in [6.07, 6.45) is 0.537. The van der Waals surface area contributed by atoms with Gasteiger partial charge in [0.15, 0.2) is 0 Å². The lowest BCUT2D eigenvalue weighted by molar-refractivity contribution is -0.124. The number of hydrogen-bond acceptors (Lipinski definition) is 3. The molecule has 1 atom stereocenters. The number of nitrogens with two attached hydrogens (primary N) is 1. The lowest BCUT2D eigenvalue weighted by Crippen LogP contribution is -2.49. The standard InChI is InChI=1S/C15H22N2O2S/c1-5-15(4,13(16)20)14(19)17(6-2)12-9-11(18)8-7-10(12)3/h7-9,18H,5-6H2,1-4H3,(H2,16,20). The van der Waals surface area contributed by atoms with Crippen LogP contribution in [0.3, 0.4) is 0 Å². The number of nitrogens with zero attached hydrogens (tertiary/aromatic N) is 1. The molecule has 0 radical (unpaired) electrons. The van der Waals surface area contributed by atoms with Crippen molar-refractivity contribution in [1.82, 2.24) is 0 Å². The van der Waals surface area contributed by atoms with E-state index >= 15 is 0 Å². The molecule has 110 valence electrons. The molecule has 0 aliphatic heterocycles. The predicted molar refractivity (Wildman–Crippen MR) is 86.1 cm³/mol. The molecule has 0 aromatic heterocycles. The highest BCUT2D eigenvalue weighted by molar-refractivity contribution is 7.80. The van der Waals surface area contributed by atoms with Crippen LogP contribution in [-0.4, -0.2) is 22.5 Å². The van der Waals surface area contributed by atoms with E-state index in [0.717, 1.165) is 5.56 Å². The highest BCUT2D eigenvalue weighted by atomic mass is 32.1. The summed E-state index contributed by atoms with van der Waals surface area (Å²) in [5, 5.41) is 9.64. The molecule has 1 unspecified atom stereocenters. The summed E-state index contributed by atoms with van der Waals surface area (Å²) in [5.74, 6) is -0.00548. The van der Waals surface area contributed by atoms with Gasteiger partial charge in [-0.1, -0.05) is 25.2 Å². The Labute approximate surface area is 125 Å². The first kappa shape index (κ1) is 16.4. The van der Waals surface area contributed by atoms with Crippen molar-refractivity contribution >= 4 is 28.8 Å². The van der Waals surface area contributed by atoms with E-state index in [9.17, 15) is 9.90 Å². The van der Waals surface area contributed by atoms with Crippen molar-refractivity contribution in [2.24, 2.45) is 11.1 Å². The number of aryl methyl sites for hydroxylation is 1. The monoisotopic (exact) mass is 294 g/mol.